The lowest BCUT2D eigenvalue weighted by Crippen LogP contribution is -2.39. The van der Waals surface area contributed by atoms with E-state index in [0.29, 0.717) is 41.1 Å². The predicted octanol–water partition coefficient (Wildman–Crippen LogP) is 3.92. The second-order valence-electron chi connectivity index (χ2n) is 6.50. The summed E-state index contributed by atoms with van der Waals surface area (Å²) in [6, 6.07) is 13.5. The smallest absolute Gasteiger partial charge is 0.161 e. The van der Waals surface area contributed by atoms with Gasteiger partial charge in [-0.15, -0.1) is 0 Å². The fourth-order valence-corrected chi connectivity index (χ4v) is 4.58. The van der Waals surface area contributed by atoms with E-state index in [1.165, 1.54) is 11.3 Å². The van der Waals surface area contributed by atoms with Crippen LogP contribution in [0.25, 0.3) is 0 Å². The summed E-state index contributed by atoms with van der Waals surface area (Å²) in [6.45, 7) is 0. The van der Waals surface area contributed by atoms with Gasteiger partial charge in [-0.05, 0) is 47.4 Å². The molecule has 0 unspecified atom stereocenters. The Morgan fingerprint density at radius 2 is 1.96 bits per heavy atom. The highest BCUT2D eigenvalue weighted by Gasteiger charge is 2.40. The van der Waals surface area contributed by atoms with Crippen molar-refractivity contribution in [3.63, 3.8) is 0 Å². The largest absolute Gasteiger partial charge is 0.384 e. The molecule has 0 amide bonds. The summed E-state index contributed by atoms with van der Waals surface area (Å²) in [6.07, 6.45) is 1.88. The minimum atomic E-state index is -0.436. The first-order chi connectivity index (χ1) is 13.2. The van der Waals surface area contributed by atoms with Gasteiger partial charge < -0.3 is 5.73 Å². The molecule has 0 fully saturated rings. The number of carbonyl (C=O) groups is 1. The highest BCUT2D eigenvalue weighted by molar-refractivity contribution is 7.08. The molecule has 0 radical (unpaired) electrons. The predicted molar refractivity (Wildman–Crippen MR) is 103 cm³/mol. The maximum Gasteiger partial charge on any atom is 0.161 e. The van der Waals surface area contributed by atoms with Crippen molar-refractivity contribution in [1.82, 2.24) is 0 Å². The fraction of sp³-hybridized carbons (Fsp3) is 0.190. The molecule has 2 aromatic rings. The molecule has 0 saturated carbocycles. The number of benzene rings is 1. The molecule has 0 spiro atoms. The van der Waals surface area contributed by atoms with Gasteiger partial charge in [-0.25, -0.2) is 0 Å². The molecule has 2 N–H and O–H groups in total. The first kappa shape index (κ1) is 17.1. The minimum Gasteiger partial charge on any atom is -0.384 e. The van der Waals surface area contributed by atoms with E-state index in [4.69, 9.17) is 5.73 Å². The maximum absolute atomic E-state index is 12.9. The summed E-state index contributed by atoms with van der Waals surface area (Å²) < 4.78 is 0. The molecule has 1 aliphatic heterocycles. The number of carbonyl (C=O) groups excluding carboxylic acids is 1. The highest BCUT2D eigenvalue weighted by Crippen LogP contribution is 2.46. The molecular formula is C21H16N4OS. The Kier molecular flexibility index (Phi) is 4.27. The Hall–Kier alpha value is -3.35. The van der Waals surface area contributed by atoms with E-state index < -0.39 is 5.92 Å². The minimum absolute atomic E-state index is 0.0483. The Morgan fingerprint density at radius 1 is 1.15 bits per heavy atom. The monoisotopic (exact) mass is 372 g/mol. The summed E-state index contributed by atoms with van der Waals surface area (Å²) in [5, 5.41) is 23.3. The van der Waals surface area contributed by atoms with E-state index in [-0.39, 0.29) is 5.78 Å². The zero-order chi connectivity index (χ0) is 19.0. The van der Waals surface area contributed by atoms with Gasteiger partial charge in [0.1, 0.15) is 11.9 Å². The number of ketones is 1. The average molecular weight is 372 g/mol. The number of Topliss-reactive ketones (excluding diaryl/α,β-unsaturated/α-hetero) is 1. The molecule has 132 valence electrons. The van der Waals surface area contributed by atoms with Crippen molar-refractivity contribution in [2.45, 2.75) is 25.2 Å². The van der Waals surface area contributed by atoms with Gasteiger partial charge >= 0.3 is 0 Å². The highest BCUT2D eigenvalue weighted by atomic mass is 32.1. The molecule has 1 aromatic carbocycles. The van der Waals surface area contributed by atoms with Crippen LogP contribution >= 0.6 is 11.3 Å². The zero-order valence-electron chi connectivity index (χ0n) is 14.5. The molecule has 2 aliphatic rings. The lowest BCUT2D eigenvalue weighted by atomic mass is 9.76. The number of hydrogen-bond acceptors (Lipinski definition) is 6. The van der Waals surface area contributed by atoms with Gasteiger partial charge in [-0.3, -0.25) is 9.69 Å². The lowest BCUT2D eigenvalue weighted by Gasteiger charge is -2.39. The summed E-state index contributed by atoms with van der Waals surface area (Å²) in [4.78, 5) is 14.7. The number of thiophene rings is 1. The molecule has 4 rings (SSSR count). The molecule has 1 aliphatic carbocycles. The van der Waals surface area contributed by atoms with Crippen LogP contribution in [0.15, 0.2) is 63.8 Å². The Labute approximate surface area is 161 Å². The molecule has 2 heterocycles. The molecule has 1 aromatic heterocycles. The van der Waals surface area contributed by atoms with Crippen LogP contribution in [-0.4, -0.2) is 5.78 Å². The Morgan fingerprint density at radius 3 is 2.67 bits per heavy atom. The third-order valence-electron chi connectivity index (χ3n) is 5.06. The first-order valence-electron chi connectivity index (χ1n) is 8.64. The van der Waals surface area contributed by atoms with Crippen LogP contribution < -0.4 is 10.6 Å². The first-order valence-corrected chi connectivity index (χ1v) is 9.59. The fourth-order valence-electron chi connectivity index (χ4n) is 3.90. The number of nitrogens with zero attached hydrogens (tertiary/aromatic N) is 3. The van der Waals surface area contributed by atoms with Crippen molar-refractivity contribution < 1.29 is 4.79 Å². The van der Waals surface area contributed by atoms with Crippen molar-refractivity contribution in [1.29, 1.82) is 10.5 Å². The molecule has 27 heavy (non-hydrogen) atoms. The van der Waals surface area contributed by atoms with E-state index in [0.717, 1.165) is 17.7 Å². The third-order valence-corrected chi connectivity index (χ3v) is 5.76. The van der Waals surface area contributed by atoms with Crippen molar-refractivity contribution >= 4 is 22.8 Å². The summed E-state index contributed by atoms with van der Waals surface area (Å²) in [5.74, 6) is -0.0912. The average Bonchev–Trinajstić information content (AvgIpc) is 3.22. The molecule has 0 bridgehead atoms. The zero-order valence-corrected chi connectivity index (χ0v) is 15.3. The van der Waals surface area contributed by atoms with Crippen molar-refractivity contribution in [3.8, 4) is 12.1 Å². The van der Waals surface area contributed by atoms with E-state index in [9.17, 15) is 15.3 Å². The van der Waals surface area contributed by atoms with Crippen LogP contribution in [0, 0.1) is 22.7 Å². The van der Waals surface area contributed by atoms with Crippen LogP contribution in [0.3, 0.4) is 0 Å². The third kappa shape index (κ3) is 2.63. The van der Waals surface area contributed by atoms with Gasteiger partial charge in [0.2, 0.25) is 0 Å². The van der Waals surface area contributed by atoms with Gasteiger partial charge in [-0.2, -0.15) is 21.9 Å². The Bertz CT molecular complexity index is 1070. The van der Waals surface area contributed by atoms with Gasteiger partial charge in [0.05, 0.1) is 28.8 Å². The molecule has 5 nitrogen and oxygen atoms in total. The van der Waals surface area contributed by atoms with Crippen molar-refractivity contribution in [2.75, 3.05) is 4.90 Å². The number of para-hydroxylation sites is 1. The number of allylic oxidation sites excluding steroid dienone is 3. The normalized spacial score (nSPS) is 19.6. The van der Waals surface area contributed by atoms with Gasteiger partial charge in [0.15, 0.2) is 5.78 Å². The summed E-state index contributed by atoms with van der Waals surface area (Å²) in [7, 11) is 0. The number of hydrogen-bond donors (Lipinski definition) is 1. The van der Waals surface area contributed by atoms with Gasteiger partial charge in [-0.1, -0.05) is 12.1 Å². The SMILES string of the molecule is N#CC1=C(N)N(c2ccccc2C#N)C2=C(C(=O)CCC2)[C@@H]1c1ccsc1. The summed E-state index contributed by atoms with van der Waals surface area (Å²) >= 11 is 1.53. The van der Waals surface area contributed by atoms with Crippen molar-refractivity contribution in [2.24, 2.45) is 5.73 Å². The molecule has 1 atom stereocenters. The maximum atomic E-state index is 12.9. The van der Waals surface area contributed by atoms with Crippen LogP contribution in [0.5, 0.6) is 0 Å². The Balaban J connectivity index is 2.01. The van der Waals surface area contributed by atoms with E-state index in [1.54, 1.807) is 23.1 Å². The molecule has 6 heteroatoms. The second kappa shape index (κ2) is 6.75. The van der Waals surface area contributed by atoms with E-state index in [1.807, 2.05) is 22.9 Å². The van der Waals surface area contributed by atoms with E-state index >= 15 is 0 Å². The van der Waals surface area contributed by atoms with Crippen LogP contribution in [0.2, 0.25) is 0 Å². The van der Waals surface area contributed by atoms with E-state index in [2.05, 4.69) is 12.1 Å². The van der Waals surface area contributed by atoms with Gasteiger partial charge in [0, 0.05) is 17.7 Å². The number of rotatable bonds is 2. The summed E-state index contributed by atoms with van der Waals surface area (Å²) in [5.41, 5.74) is 10.2. The number of anilines is 1. The number of nitrogens with two attached hydrogens (primary N) is 1. The van der Waals surface area contributed by atoms with Gasteiger partial charge in [0.25, 0.3) is 0 Å². The molecular weight excluding hydrogens is 356 g/mol. The van der Waals surface area contributed by atoms with Crippen LogP contribution in [0.4, 0.5) is 5.69 Å². The van der Waals surface area contributed by atoms with Crippen LogP contribution in [0.1, 0.15) is 36.3 Å². The topological polar surface area (TPSA) is 93.9 Å². The number of nitriles is 2. The standard InChI is InChI=1S/C21H16N4OS/c22-10-13-4-1-2-5-16(13)25-17-6-3-7-18(26)20(17)19(14-8-9-27-12-14)15(11-23)21(25)24/h1-2,4-5,8-9,12,19H,3,6-7,24H2/t19-/m1/s1. The second-order valence-corrected chi connectivity index (χ2v) is 7.28. The quantitative estimate of drug-likeness (QED) is 0.862. The molecule has 0 saturated heterocycles. The van der Waals surface area contributed by atoms with Crippen LogP contribution in [-0.2, 0) is 4.79 Å². The lowest BCUT2D eigenvalue weighted by molar-refractivity contribution is -0.116. The van der Waals surface area contributed by atoms with Crippen molar-refractivity contribution in [3.05, 3.63) is 74.9 Å².